The van der Waals surface area contributed by atoms with Gasteiger partial charge >= 0.3 is 0 Å². The largest absolute Gasteiger partial charge is 0.357 e. The Balaban J connectivity index is 2.91. The quantitative estimate of drug-likeness (QED) is 0.373. The van der Waals surface area contributed by atoms with Crippen LogP contribution >= 0.6 is 0 Å². The van der Waals surface area contributed by atoms with Crippen LogP contribution in [-0.4, -0.2) is 25.4 Å². The molecule has 0 rings (SSSR count). The fourth-order valence-corrected chi connectivity index (χ4v) is 0.370. The Bertz CT molecular complexity index is 103. The van der Waals surface area contributed by atoms with E-state index in [0.29, 0.717) is 19.5 Å². The van der Waals surface area contributed by atoms with Gasteiger partial charge in [-0.3, -0.25) is 9.59 Å². The van der Waals surface area contributed by atoms with Crippen molar-refractivity contribution in [1.82, 2.24) is 10.6 Å². The first-order valence-electron chi connectivity index (χ1n) is 2.69. The number of rotatable bonds is 4. The van der Waals surface area contributed by atoms with Crippen molar-refractivity contribution in [2.45, 2.75) is 6.92 Å². The number of nitrogens with one attached hydrogen (secondary N) is 2. The molecule has 0 spiro atoms. The lowest BCUT2D eigenvalue weighted by molar-refractivity contribution is -0.119. The molecule has 0 aliphatic carbocycles. The molecule has 0 aromatic rings. The van der Waals surface area contributed by atoms with E-state index in [1.54, 1.807) is 0 Å². The molecule has 2 N–H and O–H groups in total. The molecule has 0 saturated carbocycles. The molecule has 0 aliphatic rings. The second-order valence-corrected chi connectivity index (χ2v) is 1.55. The highest BCUT2D eigenvalue weighted by Crippen LogP contribution is 1.57. The van der Waals surface area contributed by atoms with Gasteiger partial charge in [0.25, 0.3) is 0 Å². The van der Waals surface area contributed by atoms with Crippen LogP contribution in [0.1, 0.15) is 6.92 Å². The van der Waals surface area contributed by atoms with E-state index in [9.17, 15) is 9.59 Å². The SMILES string of the molecule is CC(=O)NCCNC=O. The molecule has 0 fully saturated rings. The Labute approximate surface area is 53.6 Å². The topological polar surface area (TPSA) is 58.2 Å². The average molecular weight is 130 g/mol. The smallest absolute Gasteiger partial charge is 0.216 e. The molecule has 4 heteroatoms. The number of carbonyl (C=O) groups excluding carboxylic acids is 2. The summed E-state index contributed by atoms with van der Waals surface area (Å²) in [5.74, 6) is -0.0808. The van der Waals surface area contributed by atoms with Crippen molar-refractivity contribution in [3.05, 3.63) is 0 Å². The van der Waals surface area contributed by atoms with E-state index < -0.39 is 0 Å². The van der Waals surface area contributed by atoms with Gasteiger partial charge in [-0.25, -0.2) is 0 Å². The fraction of sp³-hybridized carbons (Fsp3) is 0.600. The monoisotopic (exact) mass is 130 g/mol. The second-order valence-electron chi connectivity index (χ2n) is 1.55. The van der Waals surface area contributed by atoms with E-state index in [2.05, 4.69) is 10.6 Å². The molecule has 4 nitrogen and oxygen atoms in total. The molecular formula is C5H10N2O2. The van der Waals surface area contributed by atoms with Crippen LogP contribution in [0.2, 0.25) is 0 Å². The molecule has 0 unspecified atom stereocenters. The molecule has 0 heterocycles. The molecule has 2 amide bonds. The van der Waals surface area contributed by atoms with Crippen LogP contribution in [0, 0.1) is 0 Å². The summed E-state index contributed by atoms with van der Waals surface area (Å²) in [6, 6.07) is 0. The predicted octanol–water partition coefficient (Wildman–Crippen LogP) is -1.13. The highest BCUT2D eigenvalue weighted by atomic mass is 16.1. The van der Waals surface area contributed by atoms with E-state index in [1.807, 2.05) is 0 Å². The summed E-state index contributed by atoms with van der Waals surface area (Å²) >= 11 is 0. The van der Waals surface area contributed by atoms with Gasteiger partial charge in [0.15, 0.2) is 0 Å². The summed E-state index contributed by atoms with van der Waals surface area (Å²) in [6.07, 6.45) is 0.599. The molecule has 0 saturated heterocycles. The van der Waals surface area contributed by atoms with E-state index in [0.717, 1.165) is 0 Å². The van der Waals surface area contributed by atoms with E-state index in [1.165, 1.54) is 6.92 Å². The van der Waals surface area contributed by atoms with Gasteiger partial charge in [0, 0.05) is 20.0 Å². The van der Waals surface area contributed by atoms with Crippen molar-refractivity contribution in [3.8, 4) is 0 Å². The maximum atomic E-state index is 10.2. The third-order valence-corrected chi connectivity index (χ3v) is 0.727. The Morgan fingerprint density at radius 2 is 2.22 bits per heavy atom. The highest BCUT2D eigenvalue weighted by Gasteiger charge is 1.86. The van der Waals surface area contributed by atoms with Crippen LogP contribution in [0.3, 0.4) is 0 Å². The first-order valence-corrected chi connectivity index (χ1v) is 2.69. The molecule has 0 radical (unpaired) electrons. The predicted molar refractivity (Wildman–Crippen MR) is 32.8 cm³/mol. The first-order chi connectivity index (χ1) is 4.27. The molecule has 52 valence electrons. The van der Waals surface area contributed by atoms with Crippen molar-refractivity contribution in [1.29, 1.82) is 0 Å². The number of hydrogen-bond acceptors (Lipinski definition) is 2. The van der Waals surface area contributed by atoms with Crippen molar-refractivity contribution < 1.29 is 9.59 Å². The Morgan fingerprint density at radius 3 is 2.67 bits per heavy atom. The van der Waals surface area contributed by atoms with Gasteiger partial charge in [-0.15, -0.1) is 0 Å². The summed E-state index contributed by atoms with van der Waals surface area (Å²) in [4.78, 5) is 19.8. The maximum Gasteiger partial charge on any atom is 0.216 e. The summed E-state index contributed by atoms with van der Waals surface area (Å²) in [7, 11) is 0. The second kappa shape index (κ2) is 5.08. The summed E-state index contributed by atoms with van der Waals surface area (Å²) in [5.41, 5.74) is 0. The molecule has 0 atom stereocenters. The number of hydrogen-bond donors (Lipinski definition) is 2. The van der Waals surface area contributed by atoms with Gasteiger partial charge < -0.3 is 10.6 Å². The van der Waals surface area contributed by atoms with Crippen molar-refractivity contribution >= 4 is 12.3 Å². The minimum absolute atomic E-state index is 0.0808. The highest BCUT2D eigenvalue weighted by molar-refractivity contribution is 5.72. The molecule has 0 aliphatic heterocycles. The van der Waals surface area contributed by atoms with Crippen molar-refractivity contribution in [3.63, 3.8) is 0 Å². The van der Waals surface area contributed by atoms with Crippen LogP contribution in [0.15, 0.2) is 0 Å². The molecule has 0 aromatic heterocycles. The maximum absolute atomic E-state index is 10.2. The summed E-state index contributed by atoms with van der Waals surface area (Å²) in [6.45, 7) is 2.41. The third kappa shape index (κ3) is 6.94. The lowest BCUT2D eigenvalue weighted by Gasteiger charge is -1.98. The van der Waals surface area contributed by atoms with Gasteiger partial charge in [0.05, 0.1) is 0 Å². The van der Waals surface area contributed by atoms with Crippen LogP contribution in [0.4, 0.5) is 0 Å². The molecule has 9 heavy (non-hydrogen) atoms. The van der Waals surface area contributed by atoms with Gasteiger partial charge in [0.2, 0.25) is 12.3 Å². The molecular weight excluding hydrogens is 120 g/mol. The average Bonchev–Trinajstić information content (AvgIpc) is 1.80. The summed E-state index contributed by atoms with van der Waals surface area (Å²) < 4.78 is 0. The minimum atomic E-state index is -0.0808. The van der Waals surface area contributed by atoms with Gasteiger partial charge in [-0.2, -0.15) is 0 Å². The lowest BCUT2D eigenvalue weighted by Crippen LogP contribution is -2.29. The van der Waals surface area contributed by atoms with Crippen molar-refractivity contribution in [2.24, 2.45) is 0 Å². The van der Waals surface area contributed by atoms with Crippen LogP contribution in [-0.2, 0) is 9.59 Å². The molecule has 0 aromatic carbocycles. The third-order valence-electron chi connectivity index (χ3n) is 0.727. The van der Waals surface area contributed by atoms with E-state index in [-0.39, 0.29) is 5.91 Å². The van der Waals surface area contributed by atoms with Gasteiger partial charge in [-0.05, 0) is 0 Å². The van der Waals surface area contributed by atoms with Gasteiger partial charge in [0.1, 0.15) is 0 Å². The van der Waals surface area contributed by atoms with Crippen molar-refractivity contribution in [2.75, 3.05) is 13.1 Å². The van der Waals surface area contributed by atoms with Crippen LogP contribution in [0.5, 0.6) is 0 Å². The number of carbonyl (C=O) groups is 2. The minimum Gasteiger partial charge on any atom is -0.357 e. The zero-order valence-electron chi connectivity index (χ0n) is 5.31. The zero-order valence-corrected chi connectivity index (χ0v) is 5.31. The Morgan fingerprint density at radius 1 is 1.56 bits per heavy atom. The Kier molecular flexibility index (Phi) is 4.49. The Hall–Kier alpha value is -1.06. The normalized spacial score (nSPS) is 8.11. The van der Waals surface area contributed by atoms with E-state index >= 15 is 0 Å². The first kappa shape index (κ1) is 7.94. The zero-order chi connectivity index (χ0) is 7.11. The lowest BCUT2D eigenvalue weighted by atomic mass is 10.6. The number of amides is 2. The van der Waals surface area contributed by atoms with E-state index in [4.69, 9.17) is 0 Å². The van der Waals surface area contributed by atoms with Crippen LogP contribution in [0.25, 0.3) is 0 Å². The van der Waals surface area contributed by atoms with Gasteiger partial charge in [-0.1, -0.05) is 0 Å². The standard InChI is InChI=1S/C5H10N2O2/c1-5(9)7-3-2-6-4-8/h4H,2-3H2,1H3,(H,6,8)(H,7,9). The summed E-state index contributed by atoms with van der Waals surface area (Å²) in [5, 5.41) is 4.93. The van der Waals surface area contributed by atoms with Crippen LogP contribution < -0.4 is 10.6 Å². The molecule has 0 bridgehead atoms. The fourth-order valence-electron chi connectivity index (χ4n) is 0.370.